The van der Waals surface area contributed by atoms with Gasteiger partial charge in [0.05, 0.1) is 5.60 Å². The van der Waals surface area contributed by atoms with Gasteiger partial charge in [0, 0.05) is 13.2 Å². The zero-order valence-corrected chi connectivity index (χ0v) is 10.4. The Morgan fingerprint density at radius 3 is 2.07 bits per heavy atom. The lowest BCUT2D eigenvalue weighted by atomic mass is 9.87. The third kappa shape index (κ3) is 6.39. The molecule has 1 N–H and O–H groups in total. The van der Waals surface area contributed by atoms with Crippen LogP contribution in [0.15, 0.2) is 0 Å². The molecule has 0 aliphatic heterocycles. The van der Waals surface area contributed by atoms with Crippen LogP contribution in [-0.4, -0.2) is 23.9 Å². The molecule has 0 aliphatic rings. The van der Waals surface area contributed by atoms with Crippen molar-refractivity contribution in [2.45, 2.75) is 59.5 Å². The fourth-order valence-electron chi connectivity index (χ4n) is 1.12. The van der Waals surface area contributed by atoms with Gasteiger partial charge in [-0.25, -0.2) is 0 Å². The molecule has 0 aliphatic carbocycles. The van der Waals surface area contributed by atoms with E-state index in [1.54, 1.807) is 0 Å². The predicted octanol–water partition coefficient (Wildman–Crippen LogP) is 2.99. The topological polar surface area (TPSA) is 29.5 Å². The van der Waals surface area contributed by atoms with Crippen molar-refractivity contribution in [1.29, 1.82) is 0 Å². The predicted molar refractivity (Wildman–Crippen MR) is 60.4 cm³/mol. The Balaban J connectivity index is 3.73. The second kappa shape index (κ2) is 5.72. The maximum Gasteiger partial charge on any atom is 0.0648 e. The van der Waals surface area contributed by atoms with Crippen molar-refractivity contribution in [1.82, 2.24) is 0 Å². The summed E-state index contributed by atoms with van der Waals surface area (Å²) in [5.74, 6) is 0. The van der Waals surface area contributed by atoms with Crippen LogP contribution in [0.25, 0.3) is 0 Å². The second-order valence-corrected chi connectivity index (χ2v) is 5.35. The van der Waals surface area contributed by atoms with Gasteiger partial charge in [-0.05, 0) is 32.1 Å². The van der Waals surface area contributed by atoms with E-state index in [0.717, 1.165) is 13.0 Å². The average molecular weight is 202 g/mol. The number of ether oxygens (including phenoxy) is 1. The first kappa shape index (κ1) is 13.9. The number of aliphatic hydroxyl groups excluding tert-OH is 1. The number of hydrogen-bond acceptors (Lipinski definition) is 2. The van der Waals surface area contributed by atoms with Crippen LogP contribution in [0.5, 0.6) is 0 Å². The summed E-state index contributed by atoms with van der Waals surface area (Å²) < 4.78 is 5.75. The first-order chi connectivity index (χ1) is 6.33. The van der Waals surface area contributed by atoms with E-state index in [1.165, 1.54) is 6.42 Å². The molecule has 0 aromatic heterocycles. The zero-order valence-electron chi connectivity index (χ0n) is 10.4. The third-order valence-electron chi connectivity index (χ3n) is 2.94. The number of hydrogen-bond donors (Lipinski definition) is 1. The molecule has 0 rings (SSSR count). The lowest BCUT2D eigenvalue weighted by molar-refractivity contribution is -0.0425. The van der Waals surface area contributed by atoms with Crippen molar-refractivity contribution < 1.29 is 9.84 Å². The molecule has 0 saturated heterocycles. The lowest BCUT2D eigenvalue weighted by Gasteiger charge is -2.28. The molecule has 14 heavy (non-hydrogen) atoms. The standard InChI is InChI=1S/C12H26O2/c1-6-11(2,3)8-10-14-12(4,5)7-9-13/h13H,6-10H2,1-5H3. The Hall–Kier alpha value is -0.0800. The van der Waals surface area contributed by atoms with Gasteiger partial charge >= 0.3 is 0 Å². The summed E-state index contributed by atoms with van der Waals surface area (Å²) in [5.41, 5.74) is 0.188. The average Bonchev–Trinajstić information content (AvgIpc) is 2.03. The highest BCUT2D eigenvalue weighted by atomic mass is 16.5. The van der Waals surface area contributed by atoms with Gasteiger partial charge in [0.15, 0.2) is 0 Å². The molecular weight excluding hydrogens is 176 g/mol. The number of rotatable bonds is 7. The molecule has 0 spiro atoms. The van der Waals surface area contributed by atoms with E-state index in [0.29, 0.717) is 11.8 Å². The van der Waals surface area contributed by atoms with Crippen molar-refractivity contribution in [3.63, 3.8) is 0 Å². The summed E-state index contributed by atoms with van der Waals surface area (Å²) in [7, 11) is 0. The van der Waals surface area contributed by atoms with Gasteiger partial charge in [0.25, 0.3) is 0 Å². The molecular formula is C12H26O2. The van der Waals surface area contributed by atoms with Gasteiger partial charge in [-0.15, -0.1) is 0 Å². The summed E-state index contributed by atoms with van der Waals surface area (Å²) >= 11 is 0. The van der Waals surface area contributed by atoms with Crippen LogP contribution in [0, 0.1) is 5.41 Å². The number of aliphatic hydroxyl groups is 1. The van der Waals surface area contributed by atoms with Gasteiger partial charge in [0.1, 0.15) is 0 Å². The Kier molecular flexibility index (Phi) is 5.68. The first-order valence-corrected chi connectivity index (χ1v) is 5.58. The van der Waals surface area contributed by atoms with E-state index >= 15 is 0 Å². The van der Waals surface area contributed by atoms with Gasteiger partial charge in [0.2, 0.25) is 0 Å². The maximum atomic E-state index is 8.83. The summed E-state index contributed by atoms with van der Waals surface area (Å²) in [5, 5.41) is 8.83. The highest BCUT2D eigenvalue weighted by Crippen LogP contribution is 2.25. The molecule has 0 bridgehead atoms. The van der Waals surface area contributed by atoms with E-state index in [-0.39, 0.29) is 12.2 Å². The molecule has 0 radical (unpaired) electrons. The SMILES string of the molecule is CCC(C)(C)CCOC(C)(C)CCO. The second-order valence-electron chi connectivity index (χ2n) is 5.35. The van der Waals surface area contributed by atoms with Crippen LogP contribution in [0.1, 0.15) is 53.9 Å². The Bertz CT molecular complexity index is 150. The quantitative estimate of drug-likeness (QED) is 0.687. The lowest BCUT2D eigenvalue weighted by Crippen LogP contribution is -2.27. The minimum atomic E-state index is -0.182. The summed E-state index contributed by atoms with van der Waals surface area (Å²) in [4.78, 5) is 0. The van der Waals surface area contributed by atoms with Gasteiger partial charge in [-0.2, -0.15) is 0 Å². The van der Waals surface area contributed by atoms with E-state index in [9.17, 15) is 0 Å². The van der Waals surface area contributed by atoms with Crippen molar-refractivity contribution >= 4 is 0 Å². The molecule has 0 aromatic carbocycles. The molecule has 0 saturated carbocycles. The maximum absolute atomic E-state index is 8.83. The van der Waals surface area contributed by atoms with Crippen molar-refractivity contribution in [3.05, 3.63) is 0 Å². The van der Waals surface area contributed by atoms with Crippen LogP contribution < -0.4 is 0 Å². The fraction of sp³-hybridized carbons (Fsp3) is 1.00. The van der Waals surface area contributed by atoms with Crippen LogP contribution >= 0.6 is 0 Å². The van der Waals surface area contributed by atoms with Gasteiger partial charge < -0.3 is 9.84 Å². The fourth-order valence-corrected chi connectivity index (χ4v) is 1.12. The van der Waals surface area contributed by atoms with Gasteiger partial charge in [-0.1, -0.05) is 27.2 Å². The Morgan fingerprint density at radius 1 is 1.07 bits per heavy atom. The molecule has 2 heteroatoms. The van der Waals surface area contributed by atoms with Gasteiger partial charge in [-0.3, -0.25) is 0 Å². The minimum absolute atomic E-state index is 0.182. The first-order valence-electron chi connectivity index (χ1n) is 5.58. The van der Waals surface area contributed by atoms with Crippen molar-refractivity contribution in [2.24, 2.45) is 5.41 Å². The van der Waals surface area contributed by atoms with E-state index < -0.39 is 0 Å². The minimum Gasteiger partial charge on any atom is -0.396 e. The van der Waals surface area contributed by atoms with E-state index in [2.05, 4.69) is 20.8 Å². The Labute approximate surface area is 88.7 Å². The normalized spacial score (nSPS) is 13.3. The van der Waals surface area contributed by atoms with Crippen LogP contribution in [0.3, 0.4) is 0 Å². The van der Waals surface area contributed by atoms with Crippen LogP contribution in [0.4, 0.5) is 0 Å². The molecule has 0 atom stereocenters. The largest absolute Gasteiger partial charge is 0.396 e. The molecule has 0 unspecified atom stereocenters. The van der Waals surface area contributed by atoms with Crippen molar-refractivity contribution in [2.75, 3.05) is 13.2 Å². The summed E-state index contributed by atoms with van der Waals surface area (Å²) in [6.07, 6.45) is 2.97. The van der Waals surface area contributed by atoms with Crippen LogP contribution in [-0.2, 0) is 4.74 Å². The molecule has 0 aromatic rings. The smallest absolute Gasteiger partial charge is 0.0648 e. The Morgan fingerprint density at radius 2 is 1.64 bits per heavy atom. The molecule has 0 fully saturated rings. The summed E-state index contributed by atoms with van der Waals surface area (Å²) in [6.45, 7) is 11.8. The highest BCUT2D eigenvalue weighted by molar-refractivity contribution is 4.70. The monoisotopic (exact) mass is 202 g/mol. The molecule has 2 nitrogen and oxygen atoms in total. The van der Waals surface area contributed by atoms with Crippen molar-refractivity contribution in [3.8, 4) is 0 Å². The third-order valence-corrected chi connectivity index (χ3v) is 2.94. The van der Waals surface area contributed by atoms with E-state index in [1.807, 2.05) is 13.8 Å². The molecule has 0 amide bonds. The van der Waals surface area contributed by atoms with E-state index in [4.69, 9.17) is 9.84 Å². The highest BCUT2D eigenvalue weighted by Gasteiger charge is 2.20. The summed E-state index contributed by atoms with van der Waals surface area (Å²) in [6, 6.07) is 0. The molecule has 86 valence electrons. The zero-order chi connectivity index (χ0) is 11.2. The molecule has 0 heterocycles. The van der Waals surface area contributed by atoms with Crippen LogP contribution in [0.2, 0.25) is 0 Å².